The highest BCUT2D eigenvalue weighted by Crippen LogP contribution is 2.11. The van der Waals surface area contributed by atoms with E-state index in [1.165, 1.54) is 21.3 Å². The maximum absolute atomic E-state index is 12.5. The molecule has 0 saturated heterocycles. The molecule has 0 aliphatic rings. The zero-order chi connectivity index (χ0) is 15.2. The molecule has 2 rings (SSSR count). The first-order chi connectivity index (χ1) is 9.34. The van der Waals surface area contributed by atoms with E-state index in [0.29, 0.717) is 6.54 Å². The Labute approximate surface area is 130 Å². The van der Waals surface area contributed by atoms with Crippen LogP contribution in [0, 0.1) is 9.39 Å². The molecule has 0 heterocycles. The van der Waals surface area contributed by atoms with Gasteiger partial charge in [-0.2, -0.15) is 0 Å². The smallest absolute Gasteiger partial charge is 0.296 e. The summed E-state index contributed by atoms with van der Waals surface area (Å²) in [6.07, 6.45) is 0. The molecule has 108 valence electrons. The Morgan fingerprint density at radius 2 is 1.65 bits per heavy atom. The fourth-order valence-electron chi connectivity index (χ4n) is 1.27. The van der Waals surface area contributed by atoms with Crippen molar-refractivity contribution in [3.05, 3.63) is 63.5 Å². The summed E-state index contributed by atoms with van der Waals surface area (Å²) < 4.78 is 44.6. The monoisotopic (exact) mass is 409 g/mol. The molecule has 0 saturated carbocycles. The summed E-state index contributed by atoms with van der Waals surface area (Å²) >= 11 is 2.00. The van der Waals surface area contributed by atoms with Gasteiger partial charge in [0.25, 0.3) is 22.6 Å². The van der Waals surface area contributed by atoms with Crippen LogP contribution in [-0.2, 0) is 16.7 Å². The lowest BCUT2D eigenvalue weighted by Crippen LogP contribution is -3.34. The Bertz CT molecular complexity index is 660. The van der Waals surface area contributed by atoms with Crippen molar-refractivity contribution in [1.29, 1.82) is 0 Å². The van der Waals surface area contributed by atoms with Crippen LogP contribution in [0.25, 0.3) is 0 Å². The molecule has 2 aromatic carbocycles. The standard InChI is InChI=1S/C7H9IN.C6H5FO3S/c8-7-3-1-6(5-9)2-4-7;7-5-3-1-2-4-6(5)11(8,9)10/h1-4,8H,5,9H2;1-4H,(H,8,9,10)/q+1;/p-1. The van der Waals surface area contributed by atoms with Gasteiger partial charge in [-0.3, -0.25) is 0 Å². The number of hydrogen-bond donors (Lipinski definition) is 1. The van der Waals surface area contributed by atoms with Crippen molar-refractivity contribution in [3.63, 3.8) is 0 Å². The zero-order valence-corrected chi connectivity index (χ0v) is 13.5. The lowest BCUT2D eigenvalue weighted by atomic mass is 10.2. The molecule has 0 aliphatic carbocycles. The Morgan fingerprint density at radius 1 is 1.10 bits per heavy atom. The van der Waals surface area contributed by atoms with Gasteiger partial charge in [0.2, 0.25) is 0 Å². The molecule has 20 heavy (non-hydrogen) atoms. The maximum atomic E-state index is 12.5. The molecule has 0 unspecified atom stereocenters. The van der Waals surface area contributed by atoms with E-state index < -0.39 is 20.8 Å². The van der Waals surface area contributed by atoms with Gasteiger partial charge in [-0.1, -0.05) is 24.3 Å². The van der Waals surface area contributed by atoms with Crippen LogP contribution in [-0.4, -0.2) is 13.0 Å². The van der Waals surface area contributed by atoms with Crippen molar-refractivity contribution in [2.75, 3.05) is 0 Å². The van der Waals surface area contributed by atoms with E-state index in [1.54, 1.807) is 0 Å². The number of halogens is 2. The van der Waals surface area contributed by atoms with Crippen LogP contribution in [0.5, 0.6) is 0 Å². The van der Waals surface area contributed by atoms with Crippen LogP contribution in [0.1, 0.15) is 5.56 Å². The van der Waals surface area contributed by atoms with E-state index in [1.807, 2.05) is 22.6 Å². The second-order valence-corrected chi connectivity index (χ2v) is 6.43. The molecule has 2 aromatic rings. The largest absolute Gasteiger partial charge is 0.744 e. The minimum absolute atomic E-state index is 0.640. The molecule has 0 amide bonds. The van der Waals surface area contributed by atoms with Crippen LogP contribution in [0.15, 0.2) is 53.4 Å². The minimum Gasteiger partial charge on any atom is -0.744 e. The molecule has 0 radical (unpaired) electrons. The normalized spacial score (nSPS) is 10.6. The van der Waals surface area contributed by atoms with Crippen molar-refractivity contribution >= 4 is 10.1 Å². The highest BCUT2D eigenvalue weighted by atomic mass is 127. The lowest BCUT2D eigenvalue weighted by Gasteiger charge is -2.06. The molecule has 7 heteroatoms. The fourth-order valence-corrected chi connectivity index (χ4v) is 2.21. The second-order valence-electron chi connectivity index (χ2n) is 3.73. The van der Waals surface area contributed by atoms with Gasteiger partial charge >= 0.3 is 0 Å². The molecule has 0 aromatic heterocycles. The van der Waals surface area contributed by atoms with Gasteiger partial charge in [-0.15, -0.1) is 0 Å². The lowest BCUT2D eigenvalue weighted by molar-refractivity contribution is -0.328. The van der Waals surface area contributed by atoms with Crippen molar-refractivity contribution in [3.8, 4) is 0 Å². The molecular weight excluding hydrogens is 396 g/mol. The summed E-state index contributed by atoms with van der Waals surface area (Å²) in [5, 5.41) is 0. The van der Waals surface area contributed by atoms with Crippen molar-refractivity contribution in [2.24, 2.45) is 5.73 Å². The number of benzene rings is 2. The van der Waals surface area contributed by atoms with E-state index in [4.69, 9.17) is 5.73 Å². The predicted molar refractivity (Wildman–Crippen MR) is 68.8 cm³/mol. The Morgan fingerprint density at radius 3 is 2.05 bits per heavy atom. The summed E-state index contributed by atoms with van der Waals surface area (Å²) in [5.74, 6) is -1.01. The van der Waals surface area contributed by atoms with Crippen LogP contribution in [0.2, 0.25) is 0 Å². The summed E-state index contributed by atoms with van der Waals surface area (Å²) in [5.41, 5.74) is 6.60. The van der Waals surface area contributed by atoms with Crippen molar-refractivity contribution in [1.82, 2.24) is 0 Å². The van der Waals surface area contributed by atoms with Crippen molar-refractivity contribution < 1.29 is 40.0 Å². The second kappa shape index (κ2) is 7.67. The van der Waals surface area contributed by atoms with Crippen LogP contribution in [0.4, 0.5) is 4.39 Å². The Kier molecular flexibility index (Phi) is 6.53. The highest BCUT2D eigenvalue weighted by Gasteiger charge is 2.05. The van der Waals surface area contributed by atoms with Gasteiger partial charge < -0.3 is 10.3 Å². The minimum atomic E-state index is -4.66. The van der Waals surface area contributed by atoms with E-state index in [9.17, 15) is 17.4 Å². The number of hydrogen-bond acceptors (Lipinski definition) is 4. The van der Waals surface area contributed by atoms with Gasteiger partial charge in [0.15, 0.2) is 3.57 Å². The van der Waals surface area contributed by atoms with Gasteiger partial charge in [0.1, 0.15) is 15.9 Å². The number of nitrogens with two attached hydrogens (primary N) is 1. The van der Waals surface area contributed by atoms with Crippen LogP contribution in [0.3, 0.4) is 0 Å². The summed E-state index contributed by atoms with van der Waals surface area (Å²) in [6, 6.07) is 12.7. The third-order valence-corrected chi connectivity index (χ3v) is 3.91. The highest BCUT2D eigenvalue weighted by molar-refractivity contribution is 7.85. The first-order valence-electron chi connectivity index (χ1n) is 5.51. The quantitative estimate of drug-likeness (QED) is 0.475. The summed E-state index contributed by atoms with van der Waals surface area (Å²) in [4.78, 5) is -0.806. The molecule has 2 N–H and O–H groups in total. The molecule has 0 atom stereocenters. The molecular formula is C13H13FINO3S. The SMILES string of the molecule is NCc1ccc([IH+])cc1.O=S(=O)([O-])c1ccccc1F. The average molecular weight is 409 g/mol. The first-order valence-corrected chi connectivity index (χ1v) is 8.08. The van der Waals surface area contributed by atoms with Crippen LogP contribution < -0.4 is 28.3 Å². The topological polar surface area (TPSA) is 83.2 Å². The third-order valence-electron chi connectivity index (χ3n) is 2.27. The fraction of sp³-hybridized carbons (Fsp3) is 0.0769. The van der Waals surface area contributed by atoms with Crippen molar-refractivity contribution in [2.45, 2.75) is 11.4 Å². The van der Waals surface area contributed by atoms with Gasteiger partial charge in [0.05, 0.1) is 4.90 Å². The maximum Gasteiger partial charge on any atom is 0.296 e. The average Bonchev–Trinajstić information content (AvgIpc) is 2.39. The molecule has 0 bridgehead atoms. The number of rotatable bonds is 2. The molecule has 0 fully saturated rings. The predicted octanol–water partition coefficient (Wildman–Crippen LogP) is -1.67. The summed E-state index contributed by atoms with van der Waals surface area (Å²) in [7, 11) is -4.66. The third kappa shape index (κ3) is 5.53. The van der Waals surface area contributed by atoms with Gasteiger partial charge in [-0.25, -0.2) is 12.8 Å². The van der Waals surface area contributed by atoms with Gasteiger partial charge in [0, 0.05) is 6.54 Å². The molecule has 0 aliphatic heterocycles. The van der Waals surface area contributed by atoms with E-state index in [0.717, 1.165) is 12.1 Å². The van der Waals surface area contributed by atoms with E-state index >= 15 is 0 Å². The molecule has 0 spiro atoms. The Hall–Kier alpha value is -1.03. The zero-order valence-electron chi connectivity index (χ0n) is 10.3. The Balaban J connectivity index is 0.000000204. The molecule has 4 nitrogen and oxygen atoms in total. The first kappa shape index (κ1) is 17.0. The summed E-state index contributed by atoms with van der Waals surface area (Å²) in [6.45, 7) is 0.640. The van der Waals surface area contributed by atoms with E-state index in [-0.39, 0.29) is 0 Å². The van der Waals surface area contributed by atoms with Crippen LogP contribution >= 0.6 is 0 Å². The van der Waals surface area contributed by atoms with Gasteiger partial charge in [-0.05, 0) is 29.8 Å². The van der Waals surface area contributed by atoms with E-state index in [2.05, 4.69) is 24.3 Å².